The van der Waals surface area contributed by atoms with Gasteiger partial charge in [-0.1, -0.05) is 26.8 Å². The third-order valence-electron chi connectivity index (χ3n) is 3.18. The van der Waals surface area contributed by atoms with E-state index in [-0.39, 0.29) is 0 Å². The Morgan fingerprint density at radius 2 is 2.15 bits per heavy atom. The van der Waals surface area contributed by atoms with Gasteiger partial charge in [-0.25, -0.2) is 4.98 Å². The van der Waals surface area contributed by atoms with Gasteiger partial charge in [0.05, 0.1) is 5.69 Å². The van der Waals surface area contributed by atoms with Crippen LogP contribution in [0.25, 0.3) is 5.69 Å². The van der Waals surface area contributed by atoms with Gasteiger partial charge in [0.2, 0.25) is 0 Å². The van der Waals surface area contributed by atoms with Gasteiger partial charge >= 0.3 is 0 Å². The van der Waals surface area contributed by atoms with Crippen LogP contribution in [0.4, 0.5) is 0 Å². The minimum Gasteiger partial charge on any atom is -0.310 e. The van der Waals surface area contributed by atoms with Crippen LogP contribution in [0, 0.1) is 0 Å². The Labute approximate surface area is 129 Å². The Balaban J connectivity index is 2.23. The number of imidazole rings is 1. The van der Waals surface area contributed by atoms with Crippen molar-refractivity contribution in [2.75, 3.05) is 0 Å². The number of halogens is 1. The summed E-state index contributed by atoms with van der Waals surface area (Å²) >= 11 is 3.68. The van der Waals surface area contributed by atoms with Crippen LogP contribution in [-0.4, -0.2) is 15.6 Å². The first-order valence-electron chi connectivity index (χ1n) is 7.16. The molecule has 0 aliphatic carbocycles. The van der Waals surface area contributed by atoms with E-state index in [9.17, 15) is 0 Å². The highest BCUT2D eigenvalue weighted by Crippen LogP contribution is 2.24. The van der Waals surface area contributed by atoms with Crippen LogP contribution in [0.1, 0.15) is 38.6 Å². The van der Waals surface area contributed by atoms with E-state index < -0.39 is 0 Å². The summed E-state index contributed by atoms with van der Waals surface area (Å²) in [5.74, 6) is 1.11. The van der Waals surface area contributed by atoms with Crippen molar-refractivity contribution >= 4 is 15.9 Å². The molecule has 108 valence electrons. The first-order valence-corrected chi connectivity index (χ1v) is 7.95. The van der Waals surface area contributed by atoms with Crippen LogP contribution in [0.5, 0.6) is 0 Å². The van der Waals surface area contributed by atoms with Crippen molar-refractivity contribution in [3.8, 4) is 5.69 Å². The number of rotatable bonds is 6. The standard InChI is InChI=1S/C16H22BrN3/c1-4-5-16-18-8-9-20(16)15-7-6-13(10-14(15)17)11-19-12(2)3/h6-10,12,19H,4-5,11H2,1-3H3. The quantitative estimate of drug-likeness (QED) is 0.861. The Kier molecular flexibility index (Phi) is 5.38. The lowest BCUT2D eigenvalue weighted by Gasteiger charge is -2.12. The van der Waals surface area contributed by atoms with Crippen LogP contribution in [0.3, 0.4) is 0 Å². The Hall–Kier alpha value is -1.13. The van der Waals surface area contributed by atoms with Gasteiger partial charge in [-0.3, -0.25) is 0 Å². The van der Waals surface area contributed by atoms with E-state index in [0.717, 1.165) is 35.4 Å². The van der Waals surface area contributed by atoms with E-state index in [1.54, 1.807) is 0 Å². The molecular formula is C16H22BrN3. The fourth-order valence-corrected chi connectivity index (χ4v) is 2.76. The van der Waals surface area contributed by atoms with Crippen molar-refractivity contribution in [1.82, 2.24) is 14.9 Å². The predicted molar refractivity (Wildman–Crippen MR) is 87.2 cm³/mol. The van der Waals surface area contributed by atoms with Crippen LogP contribution in [0.15, 0.2) is 35.1 Å². The summed E-state index contributed by atoms with van der Waals surface area (Å²) in [5.41, 5.74) is 2.44. The van der Waals surface area contributed by atoms with Crippen molar-refractivity contribution < 1.29 is 0 Å². The Morgan fingerprint density at radius 3 is 2.80 bits per heavy atom. The number of aryl methyl sites for hydroxylation is 1. The second-order valence-corrected chi connectivity index (χ2v) is 6.14. The van der Waals surface area contributed by atoms with Crippen molar-refractivity contribution in [2.45, 2.75) is 46.2 Å². The van der Waals surface area contributed by atoms with E-state index in [1.165, 1.54) is 5.56 Å². The van der Waals surface area contributed by atoms with Crippen molar-refractivity contribution in [3.05, 3.63) is 46.5 Å². The average Bonchev–Trinajstić information content (AvgIpc) is 2.85. The summed E-state index contributed by atoms with van der Waals surface area (Å²) in [6.45, 7) is 7.38. The third kappa shape index (κ3) is 3.70. The Bertz CT molecular complexity index is 561. The summed E-state index contributed by atoms with van der Waals surface area (Å²) in [7, 11) is 0. The minimum atomic E-state index is 0.498. The molecule has 1 aromatic carbocycles. The zero-order valence-corrected chi connectivity index (χ0v) is 13.9. The molecule has 0 saturated heterocycles. The fourth-order valence-electron chi connectivity index (χ4n) is 2.14. The maximum absolute atomic E-state index is 4.44. The molecule has 0 unspecified atom stereocenters. The highest BCUT2D eigenvalue weighted by Gasteiger charge is 2.08. The molecule has 2 aromatic rings. The number of benzene rings is 1. The molecule has 0 radical (unpaired) electrons. The highest BCUT2D eigenvalue weighted by atomic mass is 79.9. The largest absolute Gasteiger partial charge is 0.310 e. The number of aromatic nitrogens is 2. The number of hydrogen-bond donors (Lipinski definition) is 1. The summed E-state index contributed by atoms with van der Waals surface area (Å²) in [6, 6.07) is 7.01. The molecule has 1 heterocycles. The third-order valence-corrected chi connectivity index (χ3v) is 3.81. The number of nitrogens with zero attached hydrogens (tertiary/aromatic N) is 2. The van der Waals surface area contributed by atoms with Crippen molar-refractivity contribution in [1.29, 1.82) is 0 Å². The van der Waals surface area contributed by atoms with E-state index in [0.29, 0.717) is 6.04 Å². The zero-order valence-electron chi connectivity index (χ0n) is 12.4. The molecule has 0 fully saturated rings. The monoisotopic (exact) mass is 335 g/mol. The summed E-state index contributed by atoms with van der Waals surface area (Å²) < 4.78 is 3.27. The van der Waals surface area contributed by atoms with Gasteiger partial charge in [-0.2, -0.15) is 0 Å². The van der Waals surface area contributed by atoms with Crippen molar-refractivity contribution in [2.24, 2.45) is 0 Å². The SMILES string of the molecule is CCCc1nccn1-c1ccc(CNC(C)C)cc1Br. The Morgan fingerprint density at radius 1 is 1.35 bits per heavy atom. The first kappa shape index (κ1) is 15.3. The highest BCUT2D eigenvalue weighted by molar-refractivity contribution is 9.10. The average molecular weight is 336 g/mol. The van der Waals surface area contributed by atoms with Gasteiger partial charge in [0.25, 0.3) is 0 Å². The lowest BCUT2D eigenvalue weighted by Crippen LogP contribution is -2.21. The van der Waals surface area contributed by atoms with Crippen LogP contribution in [0.2, 0.25) is 0 Å². The van der Waals surface area contributed by atoms with Crippen LogP contribution >= 0.6 is 15.9 Å². The van der Waals surface area contributed by atoms with Gasteiger partial charge in [0.1, 0.15) is 5.82 Å². The van der Waals surface area contributed by atoms with E-state index in [2.05, 4.69) is 69.8 Å². The lowest BCUT2D eigenvalue weighted by atomic mass is 10.2. The minimum absolute atomic E-state index is 0.498. The second kappa shape index (κ2) is 7.04. The topological polar surface area (TPSA) is 29.9 Å². The van der Waals surface area contributed by atoms with E-state index in [4.69, 9.17) is 0 Å². The second-order valence-electron chi connectivity index (χ2n) is 5.28. The maximum Gasteiger partial charge on any atom is 0.113 e. The lowest BCUT2D eigenvalue weighted by molar-refractivity contribution is 0.588. The zero-order chi connectivity index (χ0) is 14.5. The maximum atomic E-state index is 4.44. The molecule has 20 heavy (non-hydrogen) atoms. The van der Waals surface area contributed by atoms with Crippen LogP contribution < -0.4 is 5.32 Å². The van der Waals surface area contributed by atoms with Crippen LogP contribution in [-0.2, 0) is 13.0 Å². The van der Waals surface area contributed by atoms with Gasteiger partial charge in [0.15, 0.2) is 0 Å². The molecule has 0 aliphatic heterocycles. The summed E-state index contributed by atoms with van der Waals surface area (Å²) in [4.78, 5) is 4.44. The van der Waals surface area contributed by atoms with Gasteiger partial charge in [0, 0.05) is 35.9 Å². The molecule has 3 nitrogen and oxygen atoms in total. The molecule has 0 aliphatic rings. The predicted octanol–water partition coefficient (Wildman–Crippen LogP) is 4.09. The molecule has 1 N–H and O–H groups in total. The molecule has 1 aromatic heterocycles. The number of nitrogens with one attached hydrogen (secondary N) is 1. The first-order chi connectivity index (χ1) is 9.61. The molecule has 0 atom stereocenters. The fraction of sp³-hybridized carbons (Fsp3) is 0.438. The molecule has 2 rings (SSSR count). The molecular weight excluding hydrogens is 314 g/mol. The summed E-state index contributed by atoms with van der Waals surface area (Å²) in [5, 5.41) is 3.43. The van der Waals surface area contributed by atoms with Gasteiger partial charge < -0.3 is 9.88 Å². The molecule has 4 heteroatoms. The normalized spacial score (nSPS) is 11.2. The van der Waals surface area contributed by atoms with Gasteiger partial charge in [-0.15, -0.1) is 0 Å². The summed E-state index contributed by atoms with van der Waals surface area (Å²) in [6.07, 6.45) is 5.99. The number of hydrogen-bond acceptors (Lipinski definition) is 2. The molecule has 0 saturated carbocycles. The molecule has 0 amide bonds. The molecule has 0 spiro atoms. The van der Waals surface area contributed by atoms with Gasteiger partial charge in [-0.05, 0) is 40.0 Å². The van der Waals surface area contributed by atoms with E-state index in [1.807, 2.05) is 12.4 Å². The van der Waals surface area contributed by atoms with E-state index >= 15 is 0 Å². The molecule has 0 bridgehead atoms. The van der Waals surface area contributed by atoms with Crippen molar-refractivity contribution in [3.63, 3.8) is 0 Å². The smallest absolute Gasteiger partial charge is 0.113 e.